The van der Waals surface area contributed by atoms with Crippen LogP contribution in [0.15, 0.2) is 12.3 Å². The van der Waals surface area contributed by atoms with E-state index in [1.54, 1.807) is 12.3 Å². The summed E-state index contributed by atoms with van der Waals surface area (Å²) >= 11 is 5.79. The predicted molar refractivity (Wildman–Crippen MR) is 43.3 cm³/mol. The molecular weight excluding hydrogens is 160 g/mol. The zero-order chi connectivity index (χ0) is 8.27. The summed E-state index contributed by atoms with van der Waals surface area (Å²) in [5.41, 5.74) is 1.66. The molecule has 0 bridgehead atoms. The highest BCUT2D eigenvalue weighted by Gasteiger charge is 1.99. The molecule has 0 aromatic carbocycles. The monoisotopic (exact) mass is 166 g/mol. The molecule has 1 heterocycles. The van der Waals surface area contributed by atoms with E-state index in [0.29, 0.717) is 10.7 Å². The maximum absolute atomic E-state index is 8.36. The number of hydrogen-bond acceptors (Lipinski definition) is 2. The van der Waals surface area contributed by atoms with Crippen LogP contribution in [0.25, 0.3) is 0 Å². The Kier molecular flexibility index (Phi) is 2.45. The zero-order valence-electron chi connectivity index (χ0n) is 6.13. The number of pyridine rings is 1. The van der Waals surface area contributed by atoms with Crippen LogP contribution in [0.3, 0.4) is 0 Å². The van der Waals surface area contributed by atoms with Gasteiger partial charge in [0.25, 0.3) is 0 Å². The van der Waals surface area contributed by atoms with E-state index in [9.17, 15) is 0 Å². The van der Waals surface area contributed by atoms with Crippen molar-refractivity contribution < 1.29 is 0 Å². The van der Waals surface area contributed by atoms with E-state index in [4.69, 9.17) is 16.9 Å². The number of halogens is 1. The second-order valence-corrected chi connectivity index (χ2v) is 2.68. The number of nitriles is 1. The molecule has 0 saturated carbocycles. The molecule has 0 aliphatic rings. The molecule has 0 aliphatic carbocycles. The number of aryl methyl sites for hydroxylation is 1. The van der Waals surface area contributed by atoms with Crippen molar-refractivity contribution in [1.29, 1.82) is 5.26 Å². The fourth-order valence-electron chi connectivity index (χ4n) is 0.767. The Bertz CT molecular complexity index is 301. The van der Waals surface area contributed by atoms with Gasteiger partial charge in [-0.15, -0.1) is 0 Å². The van der Waals surface area contributed by atoms with Crippen LogP contribution in [0.1, 0.15) is 11.3 Å². The molecule has 0 unspecified atom stereocenters. The van der Waals surface area contributed by atoms with E-state index in [2.05, 4.69) is 4.98 Å². The van der Waals surface area contributed by atoms with Crippen LogP contribution in [0.4, 0.5) is 0 Å². The highest BCUT2D eigenvalue weighted by molar-refractivity contribution is 6.31. The summed E-state index contributed by atoms with van der Waals surface area (Å²) < 4.78 is 0. The lowest BCUT2D eigenvalue weighted by atomic mass is 10.2. The van der Waals surface area contributed by atoms with Crippen molar-refractivity contribution in [3.8, 4) is 6.07 Å². The Labute approximate surface area is 70.4 Å². The summed E-state index contributed by atoms with van der Waals surface area (Å²) in [6, 6.07) is 3.80. The van der Waals surface area contributed by atoms with Crippen molar-refractivity contribution in [3.63, 3.8) is 0 Å². The normalized spacial score (nSPS) is 9.18. The van der Waals surface area contributed by atoms with Crippen LogP contribution in [-0.4, -0.2) is 4.98 Å². The largest absolute Gasteiger partial charge is 0.258 e. The number of rotatable bonds is 1. The third kappa shape index (κ3) is 1.92. The summed E-state index contributed by atoms with van der Waals surface area (Å²) in [6.07, 6.45) is 1.98. The van der Waals surface area contributed by atoms with Crippen LogP contribution >= 0.6 is 11.6 Å². The molecule has 0 aliphatic heterocycles. The molecule has 0 N–H and O–H groups in total. The summed E-state index contributed by atoms with van der Waals surface area (Å²) in [6.45, 7) is 1.91. The van der Waals surface area contributed by atoms with Gasteiger partial charge in [-0.25, -0.2) is 0 Å². The van der Waals surface area contributed by atoms with Gasteiger partial charge in [-0.1, -0.05) is 11.6 Å². The van der Waals surface area contributed by atoms with E-state index in [0.717, 1.165) is 5.56 Å². The van der Waals surface area contributed by atoms with Gasteiger partial charge in [0.05, 0.1) is 23.2 Å². The second-order valence-electron chi connectivity index (χ2n) is 2.28. The quantitative estimate of drug-likeness (QED) is 0.641. The Morgan fingerprint density at radius 2 is 2.45 bits per heavy atom. The fraction of sp³-hybridized carbons (Fsp3) is 0.250. The van der Waals surface area contributed by atoms with Gasteiger partial charge < -0.3 is 0 Å². The van der Waals surface area contributed by atoms with Gasteiger partial charge in [-0.05, 0) is 18.6 Å². The van der Waals surface area contributed by atoms with Crippen LogP contribution in [0, 0.1) is 18.3 Å². The molecule has 2 nitrogen and oxygen atoms in total. The van der Waals surface area contributed by atoms with Crippen molar-refractivity contribution in [3.05, 3.63) is 28.5 Å². The molecule has 3 heteroatoms. The van der Waals surface area contributed by atoms with Crippen LogP contribution in [0.5, 0.6) is 0 Å². The van der Waals surface area contributed by atoms with Gasteiger partial charge in [-0.3, -0.25) is 4.98 Å². The first-order valence-corrected chi connectivity index (χ1v) is 3.60. The molecule has 11 heavy (non-hydrogen) atoms. The SMILES string of the molecule is Cc1cnc(CC#N)c(Cl)c1. The molecule has 0 spiro atoms. The molecule has 0 amide bonds. The first-order chi connectivity index (χ1) is 5.24. The summed E-state index contributed by atoms with van der Waals surface area (Å²) in [5.74, 6) is 0. The van der Waals surface area contributed by atoms with Gasteiger partial charge in [-0.2, -0.15) is 5.26 Å². The van der Waals surface area contributed by atoms with Gasteiger partial charge in [0.15, 0.2) is 0 Å². The van der Waals surface area contributed by atoms with Gasteiger partial charge >= 0.3 is 0 Å². The molecule has 0 fully saturated rings. The van der Waals surface area contributed by atoms with Crippen LogP contribution in [-0.2, 0) is 6.42 Å². The molecule has 0 radical (unpaired) electrons. The molecule has 0 saturated heterocycles. The van der Waals surface area contributed by atoms with Crippen molar-refractivity contribution in [2.45, 2.75) is 13.3 Å². The number of aromatic nitrogens is 1. The first kappa shape index (κ1) is 8.03. The van der Waals surface area contributed by atoms with Crippen LogP contribution < -0.4 is 0 Å². The summed E-state index contributed by atoms with van der Waals surface area (Å²) in [7, 11) is 0. The second kappa shape index (κ2) is 3.36. The Hall–Kier alpha value is -1.07. The predicted octanol–water partition coefficient (Wildman–Crippen LogP) is 2.11. The minimum atomic E-state index is 0.277. The van der Waals surface area contributed by atoms with Crippen molar-refractivity contribution in [2.24, 2.45) is 0 Å². The standard InChI is InChI=1S/C8H7ClN2/c1-6-4-7(9)8(2-3-10)11-5-6/h4-5H,2H2,1H3. The van der Waals surface area contributed by atoms with E-state index < -0.39 is 0 Å². The van der Waals surface area contributed by atoms with Gasteiger partial charge in [0.1, 0.15) is 0 Å². The summed E-state index contributed by atoms with van der Waals surface area (Å²) in [4.78, 5) is 4.01. The van der Waals surface area contributed by atoms with Crippen molar-refractivity contribution in [2.75, 3.05) is 0 Å². The van der Waals surface area contributed by atoms with Gasteiger partial charge in [0.2, 0.25) is 0 Å². The maximum atomic E-state index is 8.36. The number of nitrogens with zero attached hydrogens (tertiary/aromatic N) is 2. The highest BCUT2D eigenvalue weighted by atomic mass is 35.5. The van der Waals surface area contributed by atoms with Crippen molar-refractivity contribution in [1.82, 2.24) is 4.98 Å². The Balaban J connectivity index is 3.01. The molecule has 1 aromatic rings. The maximum Gasteiger partial charge on any atom is 0.0789 e. The summed E-state index contributed by atoms with van der Waals surface area (Å²) in [5, 5.41) is 8.94. The average molecular weight is 167 g/mol. The zero-order valence-corrected chi connectivity index (χ0v) is 6.89. The lowest BCUT2D eigenvalue weighted by Gasteiger charge is -1.97. The minimum absolute atomic E-state index is 0.277. The Morgan fingerprint density at radius 1 is 1.73 bits per heavy atom. The van der Waals surface area contributed by atoms with E-state index in [-0.39, 0.29) is 6.42 Å². The lowest BCUT2D eigenvalue weighted by Crippen LogP contribution is -1.89. The number of hydrogen-bond donors (Lipinski definition) is 0. The molecule has 56 valence electrons. The van der Waals surface area contributed by atoms with E-state index in [1.807, 2.05) is 13.0 Å². The lowest BCUT2D eigenvalue weighted by molar-refractivity contribution is 1.10. The van der Waals surface area contributed by atoms with Gasteiger partial charge in [0, 0.05) is 6.20 Å². The van der Waals surface area contributed by atoms with E-state index >= 15 is 0 Å². The van der Waals surface area contributed by atoms with E-state index in [1.165, 1.54) is 0 Å². The molecule has 0 atom stereocenters. The third-order valence-electron chi connectivity index (χ3n) is 1.30. The average Bonchev–Trinajstić information content (AvgIpc) is 1.95. The fourth-order valence-corrected chi connectivity index (χ4v) is 1.05. The minimum Gasteiger partial charge on any atom is -0.258 e. The molecular formula is C8H7ClN2. The molecule has 1 aromatic heterocycles. The molecule has 1 rings (SSSR count). The Morgan fingerprint density at radius 3 is 3.00 bits per heavy atom. The topological polar surface area (TPSA) is 36.7 Å². The van der Waals surface area contributed by atoms with Crippen molar-refractivity contribution >= 4 is 11.6 Å². The first-order valence-electron chi connectivity index (χ1n) is 3.22. The van der Waals surface area contributed by atoms with Crippen LogP contribution in [0.2, 0.25) is 5.02 Å². The smallest absolute Gasteiger partial charge is 0.0789 e. The highest BCUT2D eigenvalue weighted by Crippen LogP contribution is 2.14. The third-order valence-corrected chi connectivity index (χ3v) is 1.63.